The molecule has 0 aromatic heterocycles. The van der Waals surface area contributed by atoms with Crippen molar-refractivity contribution in [1.29, 1.82) is 0 Å². The monoisotopic (exact) mass is 312 g/mol. The second kappa shape index (κ2) is 5.57. The largest absolute Gasteiger partial charge is 0.384 e. The molecule has 1 aromatic carbocycles. The minimum absolute atomic E-state index is 0.223. The van der Waals surface area contributed by atoms with Gasteiger partial charge in [0.2, 0.25) is 10.0 Å². The molecule has 2 heterocycles. The second-order valence-electron chi connectivity index (χ2n) is 5.51. The molecule has 0 spiro atoms. The van der Waals surface area contributed by atoms with Crippen molar-refractivity contribution in [1.82, 2.24) is 4.72 Å². The first-order chi connectivity index (χ1) is 10.0. The van der Waals surface area contributed by atoms with Gasteiger partial charge in [0.25, 0.3) is 0 Å². The molecule has 1 fully saturated rings. The minimum Gasteiger partial charge on any atom is -0.384 e. The van der Waals surface area contributed by atoms with Crippen molar-refractivity contribution in [3.05, 3.63) is 23.8 Å². The van der Waals surface area contributed by atoms with Crippen LogP contribution in [0.1, 0.15) is 12.0 Å². The fourth-order valence-electron chi connectivity index (χ4n) is 2.72. The van der Waals surface area contributed by atoms with Gasteiger partial charge in [-0.1, -0.05) is 0 Å². The van der Waals surface area contributed by atoms with Crippen LogP contribution in [0.3, 0.4) is 0 Å². The predicted octanol–water partition coefficient (Wildman–Crippen LogP) is 0.738. The number of anilines is 1. The molecule has 0 radical (unpaired) electrons. The van der Waals surface area contributed by atoms with Crippen molar-refractivity contribution in [3.8, 4) is 0 Å². The molecule has 2 aliphatic rings. The van der Waals surface area contributed by atoms with Gasteiger partial charge >= 0.3 is 0 Å². The number of rotatable bonds is 5. The van der Waals surface area contributed by atoms with Crippen LogP contribution in [0, 0.1) is 0 Å². The van der Waals surface area contributed by atoms with Gasteiger partial charge in [-0.3, -0.25) is 0 Å². The van der Waals surface area contributed by atoms with E-state index in [1.54, 1.807) is 19.2 Å². The van der Waals surface area contributed by atoms with Gasteiger partial charge in [0.15, 0.2) is 0 Å². The number of sulfonamides is 1. The van der Waals surface area contributed by atoms with Crippen LogP contribution in [0.15, 0.2) is 23.1 Å². The SMILES string of the molecule is COC1(CNS(=O)(=O)c2ccc3c(c2)CCN3)CCOC1. The van der Waals surface area contributed by atoms with Crippen LogP contribution in [0.25, 0.3) is 0 Å². The zero-order valence-corrected chi connectivity index (χ0v) is 12.8. The van der Waals surface area contributed by atoms with E-state index in [0.717, 1.165) is 24.2 Å². The Balaban J connectivity index is 1.75. The highest BCUT2D eigenvalue weighted by atomic mass is 32.2. The van der Waals surface area contributed by atoms with Crippen LogP contribution in [0.4, 0.5) is 5.69 Å². The van der Waals surface area contributed by atoms with Gasteiger partial charge in [0.1, 0.15) is 5.60 Å². The van der Waals surface area contributed by atoms with Crippen LogP contribution in [-0.2, 0) is 25.9 Å². The lowest BCUT2D eigenvalue weighted by Crippen LogP contribution is -2.44. The maximum atomic E-state index is 12.4. The summed E-state index contributed by atoms with van der Waals surface area (Å²) in [6, 6.07) is 5.19. The molecular weight excluding hydrogens is 292 g/mol. The number of fused-ring (bicyclic) bond motifs is 1. The fraction of sp³-hybridized carbons (Fsp3) is 0.571. The van der Waals surface area contributed by atoms with E-state index in [-0.39, 0.29) is 6.54 Å². The zero-order valence-electron chi connectivity index (χ0n) is 12.0. The topological polar surface area (TPSA) is 76.7 Å². The fourth-order valence-corrected chi connectivity index (χ4v) is 3.88. The summed E-state index contributed by atoms with van der Waals surface area (Å²) >= 11 is 0. The molecule has 7 heteroatoms. The highest BCUT2D eigenvalue weighted by Crippen LogP contribution is 2.26. The van der Waals surface area contributed by atoms with Gasteiger partial charge in [-0.25, -0.2) is 13.1 Å². The molecule has 1 aromatic rings. The number of hydrogen-bond acceptors (Lipinski definition) is 5. The van der Waals surface area contributed by atoms with Crippen LogP contribution in [-0.4, -0.2) is 47.4 Å². The molecule has 1 unspecified atom stereocenters. The lowest BCUT2D eigenvalue weighted by molar-refractivity contribution is -0.0120. The van der Waals surface area contributed by atoms with E-state index in [1.165, 1.54) is 0 Å². The van der Waals surface area contributed by atoms with Crippen LogP contribution in [0.2, 0.25) is 0 Å². The lowest BCUT2D eigenvalue weighted by Gasteiger charge is -2.25. The quantitative estimate of drug-likeness (QED) is 0.838. The summed E-state index contributed by atoms with van der Waals surface area (Å²) in [5.74, 6) is 0. The Bertz CT molecular complexity index is 624. The molecule has 1 saturated heterocycles. The Morgan fingerprint density at radius 3 is 3.05 bits per heavy atom. The zero-order chi connectivity index (χ0) is 14.9. The summed E-state index contributed by atoms with van der Waals surface area (Å²) in [5, 5.41) is 3.22. The summed E-state index contributed by atoms with van der Waals surface area (Å²) in [7, 11) is -1.94. The Labute approximate surface area is 124 Å². The molecular formula is C14H20N2O4S. The molecule has 0 aliphatic carbocycles. The molecule has 6 nitrogen and oxygen atoms in total. The first kappa shape index (κ1) is 14.8. The molecule has 2 N–H and O–H groups in total. The number of nitrogens with one attached hydrogen (secondary N) is 2. The number of benzene rings is 1. The highest BCUT2D eigenvalue weighted by molar-refractivity contribution is 7.89. The summed E-state index contributed by atoms with van der Waals surface area (Å²) in [4.78, 5) is 0.301. The average Bonchev–Trinajstić information content (AvgIpc) is 3.14. The Morgan fingerprint density at radius 2 is 2.33 bits per heavy atom. The van der Waals surface area contributed by atoms with Gasteiger partial charge < -0.3 is 14.8 Å². The van der Waals surface area contributed by atoms with Gasteiger partial charge in [0.05, 0.1) is 11.5 Å². The molecule has 0 saturated carbocycles. The van der Waals surface area contributed by atoms with Gasteiger partial charge in [-0.15, -0.1) is 0 Å². The summed E-state index contributed by atoms with van der Waals surface area (Å²) in [6.45, 7) is 2.10. The van der Waals surface area contributed by atoms with Crippen LogP contribution < -0.4 is 10.0 Å². The van der Waals surface area contributed by atoms with Crippen molar-refractivity contribution in [2.45, 2.75) is 23.3 Å². The molecule has 2 aliphatic heterocycles. The number of hydrogen-bond donors (Lipinski definition) is 2. The number of ether oxygens (including phenoxy) is 2. The van der Waals surface area contributed by atoms with Crippen molar-refractivity contribution < 1.29 is 17.9 Å². The van der Waals surface area contributed by atoms with E-state index in [1.807, 2.05) is 6.07 Å². The molecule has 1 atom stereocenters. The van der Waals surface area contributed by atoms with E-state index < -0.39 is 15.6 Å². The van der Waals surface area contributed by atoms with Crippen LogP contribution >= 0.6 is 0 Å². The second-order valence-corrected chi connectivity index (χ2v) is 7.28. The first-order valence-electron chi connectivity index (χ1n) is 7.04. The Morgan fingerprint density at radius 1 is 1.48 bits per heavy atom. The Hall–Kier alpha value is -1.15. The van der Waals surface area contributed by atoms with Gasteiger partial charge in [-0.2, -0.15) is 0 Å². The van der Waals surface area contributed by atoms with Crippen molar-refractivity contribution in [2.75, 3.05) is 38.7 Å². The van der Waals surface area contributed by atoms with Gasteiger partial charge in [-0.05, 0) is 30.2 Å². The normalized spacial score (nSPS) is 24.8. The summed E-state index contributed by atoms with van der Waals surface area (Å²) in [5.41, 5.74) is 1.51. The molecule has 3 rings (SSSR count). The first-order valence-corrected chi connectivity index (χ1v) is 8.52. The third kappa shape index (κ3) is 2.91. The third-order valence-corrected chi connectivity index (χ3v) is 5.58. The lowest BCUT2D eigenvalue weighted by atomic mass is 10.0. The molecule has 116 valence electrons. The molecule has 0 bridgehead atoms. The average molecular weight is 312 g/mol. The predicted molar refractivity (Wildman–Crippen MR) is 79.0 cm³/mol. The van der Waals surface area contributed by atoms with E-state index in [2.05, 4.69) is 10.0 Å². The molecule has 21 heavy (non-hydrogen) atoms. The Kier molecular flexibility index (Phi) is 3.92. The highest BCUT2D eigenvalue weighted by Gasteiger charge is 2.36. The minimum atomic E-state index is -3.53. The summed E-state index contributed by atoms with van der Waals surface area (Å²) in [6.07, 6.45) is 1.55. The maximum absolute atomic E-state index is 12.4. The van der Waals surface area contributed by atoms with E-state index in [9.17, 15) is 8.42 Å². The smallest absolute Gasteiger partial charge is 0.240 e. The van der Waals surface area contributed by atoms with E-state index >= 15 is 0 Å². The van der Waals surface area contributed by atoms with E-state index in [0.29, 0.717) is 24.5 Å². The van der Waals surface area contributed by atoms with Crippen molar-refractivity contribution in [3.63, 3.8) is 0 Å². The van der Waals surface area contributed by atoms with Gasteiger partial charge in [0, 0.05) is 38.9 Å². The standard InChI is InChI=1S/C14H20N2O4S/c1-19-14(5-7-20-10-14)9-16-21(17,18)12-2-3-13-11(8-12)4-6-15-13/h2-3,8,15-16H,4-7,9-10H2,1H3. The van der Waals surface area contributed by atoms with Crippen molar-refractivity contribution in [2.24, 2.45) is 0 Å². The van der Waals surface area contributed by atoms with E-state index in [4.69, 9.17) is 9.47 Å². The summed E-state index contributed by atoms with van der Waals surface area (Å²) < 4.78 is 38.2. The van der Waals surface area contributed by atoms with Crippen molar-refractivity contribution >= 4 is 15.7 Å². The third-order valence-electron chi connectivity index (χ3n) is 4.18. The number of methoxy groups -OCH3 is 1. The van der Waals surface area contributed by atoms with Crippen LogP contribution in [0.5, 0.6) is 0 Å². The molecule has 0 amide bonds. The maximum Gasteiger partial charge on any atom is 0.240 e.